The van der Waals surface area contributed by atoms with Crippen LogP contribution in [0.25, 0.3) is 11.1 Å². The number of nitrogens with two attached hydrogens (primary N) is 2. The highest BCUT2D eigenvalue weighted by molar-refractivity contribution is 5.97. The molecule has 0 bridgehead atoms. The van der Waals surface area contributed by atoms with Gasteiger partial charge in [0.25, 0.3) is 0 Å². The summed E-state index contributed by atoms with van der Waals surface area (Å²) < 4.78 is 0. The van der Waals surface area contributed by atoms with E-state index in [1.807, 2.05) is 30.3 Å². The zero-order chi connectivity index (χ0) is 13.0. The smallest absolute Gasteiger partial charge is 0.152 e. The van der Waals surface area contributed by atoms with Crippen molar-refractivity contribution in [3.63, 3.8) is 0 Å². The summed E-state index contributed by atoms with van der Waals surface area (Å²) in [6.45, 7) is 2.08. The molecule has 4 heteroatoms. The van der Waals surface area contributed by atoms with Crippen LogP contribution in [0.1, 0.15) is 11.1 Å². The molecule has 5 N–H and O–H groups in total. The minimum atomic E-state index is 0.369. The fraction of sp³-hybridized carbons (Fsp3) is 0.0714. The average molecular weight is 240 g/mol. The number of hydrogen-bond acceptors (Lipinski definition) is 3. The Hall–Kier alpha value is -2.33. The Morgan fingerprint density at radius 2 is 1.78 bits per heavy atom. The van der Waals surface area contributed by atoms with Gasteiger partial charge in [-0.1, -0.05) is 54.1 Å². The minimum Gasteiger partial charge on any atom is -0.382 e. The Morgan fingerprint density at radius 1 is 1.06 bits per heavy atom. The van der Waals surface area contributed by atoms with Crippen molar-refractivity contribution in [3.05, 3.63) is 59.7 Å². The van der Waals surface area contributed by atoms with E-state index in [4.69, 9.17) is 11.6 Å². The van der Waals surface area contributed by atoms with E-state index in [1.54, 1.807) is 0 Å². The molecule has 0 spiro atoms. The summed E-state index contributed by atoms with van der Waals surface area (Å²) in [4.78, 5) is 0. The maximum Gasteiger partial charge on any atom is 0.152 e. The number of benzene rings is 2. The van der Waals surface area contributed by atoms with Gasteiger partial charge in [0.1, 0.15) is 0 Å². The van der Waals surface area contributed by atoms with Crippen molar-refractivity contribution >= 4 is 5.84 Å². The highest BCUT2D eigenvalue weighted by atomic mass is 15.5. The second-order valence-electron chi connectivity index (χ2n) is 4.07. The lowest BCUT2D eigenvalue weighted by atomic mass is 10.0. The quantitative estimate of drug-likeness (QED) is 0.331. The van der Waals surface area contributed by atoms with Crippen LogP contribution < -0.4 is 17.1 Å². The molecule has 92 valence electrons. The maximum absolute atomic E-state index is 5.73. The van der Waals surface area contributed by atoms with E-state index in [-0.39, 0.29) is 0 Å². The maximum atomic E-state index is 5.73. The van der Waals surface area contributed by atoms with E-state index in [9.17, 15) is 0 Å². The highest BCUT2D eigenvalue weighted by Crippen LogP contribution is 2.20. The van der Waals surface area contributed by atoms with Crippen LogP contribution in [0.4, 0.5) is 0 Å². The van der Waals surface area contributed by atoms with Crippen molar-refractivity contribution in [2.45, 2.75) is 6.92 Å². The van der Waals surface area contributed by atoms with Gasteiger partial charge in [0.2, 0.25) is 0 Å². The number of nitrogens with zero attached hydrogens (tertiary/aromatic N) is 1. The summed E-state index contributed by atoms with van der Waals surface area (Å²) in [5.74, 6) is 5.46. The first-order valence-electron chi connectivity index (χ1n) is 5.67. The molecule has 4 nitrogen and oxygen atoms in total. The zero-order valence-corrected chi connectivity index (χ0v) is 10.2. The summed E-state index contributed by atoms with van der Waals surface area (Å²) in [5, 5.41) is 3.73. The molecule has 2 aromatic rings. The van der Waals surface area contributed by atoms with Crippen LogP contribution in [0, 0.1) is 6.92 Å². The summed E-state index contributed by atoms with van der Waals surface area (Å²) in [5.41, 5.74) is 12.3. The van der Waals surface area contributed by atoms with Crippen LogP contribution in [-0.4, -0.2) is 5.84 Å². The Bertz CT molecular complexity index is 558. The van der Waals surface area contributed by atoms with Gasteiger partial charge in [-0.2, -0.15) is 0 Å². The molecule has 0 atom stereocenters. The van der Waals surface area contributed by atoms with Crippen molar-refractivity contribution < 1.29 is 0 Å². The molecule has 0 saturated heterocycles. The molecule has 0 saturated carbocycles. The van der Waals surface area contributed by atoms with Crippen LogP contribution in [0.5, 0.6) is 0 Å². The molecule has 0 aliphatic rings. The van der Waals surface area contributed by atoms with Crippen molar-refractivity contribution in [1.29, 1.82) is 0 Å². The van der Waals surface area contributed by atoms with E-state index in [1.165, 1.54) is 11.1 Å². The predicted octanol–water partition coefficient (Wildman–Crippen LogP) is 1.75. The number of nitrogens with one attached hydrogen (secondary N) is 1. The van der Waals surface area contributed by atoms with Gasteiger partial charge in [0.15, 0.2) is 5.84 Å². The Morgan fingerprint density at radius 3 is 2.39 bits per heavy atom. The summed E-state index contributed by atoms with van der Waals surface area (Å²) >= 11 is 0. The van der Waals surface area contributed by atoms with Crippen LogP contribution >= 0.6 is 0 Å². The first-order chi connectivity index (χ1) is 8.70. The van der Waals surface area contributed by atoms with E-state index in [0.717, 1.165) is 11.1 Å². The molecule has 0 heterocycles. The summed E-state index contributed by atoms with van der Waals surface area (Å²) in [7, 11) is 0. The van der Waals surface area contributed by atoms with Crippen molar-refractivity contribution in [3.8, 4) is 11.1 Å². The number of aryl methyl sites for hydroxylation is 1. The van der Waals surface area contributed by atoms with Crippen LogP contribution in [0.2, 0.25) is 0 Å². The van der Waals surface area contributed by atoms with Gasteiger partial charge in [-0.15, -0.1) is 5.10 Å². The second-order valence-corrected chi connectivity index (χ2v) is 4.07. The largest absolute Gasteiger partial charge is 0.382 e. The van der Waals surface area contributed by atoms with Crippen LogP contribution in [0.3, 0.4) is 0 Å². The minimum absolute atomic E-state index is 0.369. The normalized spacial score (nSPS) is 11.3. The topological polar surface area (TPSA) is 76.4 Å². The molecule has 0 aliphatic heterocycles. The molecule has 0 aromatic heterocycles. The van der Waals surface area contributed by atoms with Crippen molar-refractivity contribution in [2.75, 3.05) is 0 Å². The Balaban J connectivity index is 2.30. The molecular formula is C14H16N4. The Kier molecular flexibility index (Phi) is 3.60. The number of hydrogen-bond donors (Lipinski definition) is 3. The van der Waals surface area contributed by atoms with Gasteiger partial charge in [-0.25, -0.2) is 11.4 Å². The lowest BCUT2D eigenvalue weighted by Gasteiger charge is -2.05. The van der Waals surface area contributed by atoms with Gasteiger partial charge < -0.3 is 5.73 Å². The van der Waals surface area contributed by atoms with E-state index >= 15 is 0 Å². The molecule has 0 radical (unpaired) electrons. The van der Waals surface area contributed by atoms with Crippen molar-refractivity contribution in [2.24, 2.45) is 16.7 Å². The number of amidine groups is 1. The Labute approximate surface area is 106 Å². The zero-order valence-electron chi connectivity index (χ0n) is 10.2. The molecule has 2 rings (SSSR count). The molecule has 2 aromatic carbocycles. The standard InChI is InChI=1S/C14H16N4/c1-10-3-2-4-13(9-10)11-5-7-12(8-6-11)14(15)17-18-16/h2-9,18H,16H2,1H3,(H2,15,17). The molecule has 0 aliphatic carbocycles. The van der Waals surface area contributed by atoms with Gasteiger partial charge in [-0.3, -0.25) is 0 Å². The van der Waals surface area contributed by atoms with E-state index in [2.05, 4.69) is 35.8 Å². The van der Waals surface area contributed by atoms with Gasteiger partial charge >= 0.3 is 0 Å². The summed E-state index contributed by atoms with van der Waals surface area (Å²) in [6.07, 6.45) is 0. The van der Waals surface area contributed by atoms with E-state index < -0.39 is 0 Å². The van der Waals surface area contributed by atoms with Gasteiger partial charge in [0, 0.05) is 5.56 Å². The third-order valence-corrected chi connectivity index (χ3v) is 2.72. The third-order valence-electron chi connectivity index (χ3n) is 2.72. The lowest BCUT2D eigenvalue weighted by Crippen LogP contribution is -2.22. The molecular weight excluding hydrogens is 224 g/mol. The SMILES string of the molecule is Cc1cccc(-c2ccc(/C(N)=N/NN)cc2)c1. The first kappa shape index (κ1) is 12.1. The van der Waals surface area contributed by atoms with Crippen LogP contribution in [-0.2, 0) is 0 Å². The van der Waals surface area contributed by atoms with Crippen LogP contribution in [0.15, 0.2) is 53.6 Å². The number of hydrazine groups is 1. The van der Waals surface area contributed by atoms with Gasteiger partial charge in [0.05, 0.1) is 0 Å². The van der Waals surface area contributed by atoms with Crippen molar-refractivity contribution in [1.82, 2.24) is 5.53 Å². The predicted molar refractivity (Wildman–Crippen MR) is 74.7 cm³/mol. The fourth-order valence-electron chi connectivity index (χ4n) is 1.79. The third kappa shape index (κ3) is 2.67. The second kappa shape index (κ2) is 5.33. The highest BCUT2D eigenvalue weighted by Gasteiger charge is 2.01. The molecule has 18 heavy (non-hydrogen) atoms. The van der Waals surface area contributed by atoms with E-state index in [0.29, 0.717) is 5.84 Å². The number of hydrazone groups is 1. The lowest BCUT2D eigenvalue weighted by molar-refractivity contribution is 0.804. The molecule has 0 fully saturated rings. The average Bonchev–Trinajstić information content (AvgIpc) is 2.39. The molecule has 0 unspecified atom stereocenters. The first-order valence-corrected chi connectivity index (χ1v) is 5.67. The molecule has 0 amide bonds. The monoisotopic (exact) mass is 240 g/mol. The summed E-state index contributed by atoms with van der Waals surface area (Å²) in [6, 6.07) is 16.2. The van der Waals surface area contributed by atoms with Gasteiger partial charge in [-0.05, 0) is 18.1 Å². The fourth-order valence-corrected chi connectivity index (χ4v) is 1.79. The number of rotatable bonds is 3.